The summed E-state index contributed by atoms with van der Waals surface area (Å²) in [5, 5.41) is 9.03. The fourth-order valence-electron chi connectivity index (χ4n) is 2.02. The van der Waals surface area contributed by atoms with Crippen LogP contribution < -0.4 is 0 Å². The normalized spacial score (nSPS) is 31.2. The molecule has 1 heterocycles. The van der Waals surface area contributed by atoms with Gasteiger partial charge < -0.3 is 5.11 Å². The lowest BCUT2D eigenvalue weighted by atomic mass is 9.96. The highest BCUT2D eigenvalue weighted by molar-refractivity contribution is 5.00. The first kappa shape index (κ1) is 8.45. The number of hydrogen-bond donors (Lipinski definition) is 1. The zero-order valence-corrected chi connectivity index (χ0v) is 7.52. The second-order valence-corrected chi connectivity index (χ2v) is 4.72. The number of rotatable bonds is 3. The minimum absolute atomic E-state index is 0.149. The summed E-state index contributed by atoms with van der Waals surface area (Å²) in [6, 6.07) is 0. The van der Waals surface area contributed by atoms with Gasteiger partial charge in [-0.2, -0.15) is 0 Å². The SMILES string of the molecule is CC1(F)CN(CC2(CO)CC2)C1. The van der Waals surface area contributed by atoms with Crippen LogP contribution in [0.4, 0.5) is 4.39 Å². The number of likely N-dealkylation sites (tertiary alicyclic amines) is 1. The van der Waals surface area contributed by atoms with Crippen molar-refractivity contribution in [2.75, 3.05) is 26.2 Å². The van der Waals surface area contributed by atoms with Gasteiger partial charge in [-0.1, -0.05) is 0 Å². The first-order chi connectivity index (χ1) is 5.55. The summed E-state index contributed by atoms with van der Waals surface area (Å²) in [6.45, 7) is 3.90. The summed E-state index contributed by atoms with van der Waals surface area (Å²) < 4.78 is 13.1. The highest BCUT2D eigenvalue weighted by atomic mass is 19.1. The molecule has 0 aromatic heterocycles. The van der Waals surface area contributed by atoms with Gasteiger partial charge in [0.2, 0.25) is 0 Å². The number of hydrogen-bond acceptors (Lipinski definition) is 2. The lowest BCUT2D eigenvalue weighted by molar-refractivity contribution is -0.0337. The van der Waals surface area contributed by atoms with Gasteiger partial charge in [-0.25, -0.2) is 4.39 Å². The zero-order valence-electron chi connectivity index (χ0n) is 7.52. The number of aliphatic hydroxyl groups is 1. The van der Waals surface area contributed by atoms with E-state index in [0.29, 0.717) is 13.1 Å². The van der Waals surface area contributed by atoms with Crippen LogP contribution >= 0.6 is 0 Å². The number of halogens is 1. The molecular formula is C9H16FNO. The molecule has 0 aromatic carbocycles. The summed E-state index contributed by atoms with van der Waals surface area (Å²) in [7, 11) is 0. The maximum atomic E-state index is 13.1. The molecule has 2 fully saturated rings. The lowest BCUT2D eigenvalue weighted by Gasteiger charge is -2.43. The van der Waals surface area contributed by atoms with Gasteiger partial charge in [-0.15, -0.1) is 0 Å². The van der Waals surface area contributed by atoms with Crippen molar-refractivity contribution in [3.63, 3.8) is 0 Å². The van der Waals surface area contributed by atoms with E-state index in [0.717, 1.165) is 19.4 Å². The Morgan fingerprint density at radius 2 is 2.00 bits per heavy atom. The molecule has 3 heteroatoms. The maximum Gasteiger partial charge on any atom is 0.133 e. The summed E-state index contributed by atoms with van der Waals surface area (Å²) in [5.41, 5.74) is -0.817. The van der Waals surface area contributed by atoms with E-state index < -0.39 is 5.67 Å². The average Bonchev–Trinajstić information content (AvgIpc) is 2.66. The fraction of sp³-hybridized carbons (Fsp3) is 1.00. The highest BCUT2D eigenvalue weighted by Gasteiger charge is 2.48. The molecule has 2 rings (SSSR count). The Kier molecular flexibility index (Phi) is 1.70. The predicted molar refractivity (Wildman–Crippen MR) is 44.7 cm³/mol. The van der Waals surface area contributed by atoms with Crippen LogP contribution in [0.25, 0.3) is 0 Å². The van der Waals surface area contributed by atoms with Crippen molar-refractivity contribution in [1.29, 1.82) is 0 Å². The van der Waals surface area contributed by atoms with Gasteiger partial charge in [-0.3, -0.25) is 4.90 Å². The van der Waals surface area contributed by atoms with Crippen LogP contribution in [0.3, 0.4) is 0 Å². The molecule has 1 N–H and O–H groups in total. The molecule has 1 aliphatic carbocycles. The molecule has 0 radical (unpaired) electrons. The van der Waals surface area contributed by atoms with Crippen LogP contribution in [-0.2, 0) is 0 Å². The van der Waals surface area contributed by atoms with E-state index in [1.165, 1.54) is 0 Å². The molecule has 1 saturated heterocycles. The zero-order chi connectivity index (χ0) is 8.82. The van der Waals surface area contributed by atoms with E-state index in [2.05, 4.69) is 4.90 Å². The molecule has 0 atom stereocenters. The molecular weight excluding hydrogens is 157 g/mol. The van der Waals surface area contributed by atoms with Crippen molar-refractivity contribution in [2.24, 2.45) is 5.41 Å². The van der Waals surface area contributed by atoms with Crippen LogP contribution in [0.1, 0.15) is 19.8 Å². The third-order valence-electron chi connectivity index (χ3n) is 2.96. The molecule has 0 bridgehead atoms. The Hall–Kier alpha value is -0.150. The van der Waals surface area contributed by atoms with E-state index in [1.54, 1.807) is 6.92 Å². The highest BCUT2D eigenvalue weighted by Crippen LogP contribution is 2.46. The van der Waals surface area contributed by atoms with Crippen molar-refractivity contribution in [3.05, 3.63) is 0 Å². The molecule has 2 nitrogen and oxygen atoms in total. The van der Waals surface area contributed by atoms with Crippen molar-refractivity contribution >= 4 is 0 Å². The Bertz CT molecular complexity index is 181. The molecule has 0 spiro atoms. The van der Waals surface area contributed by atoms with E-state index in [-0.39, 0.29) is 12.0 Å². The van der Waals surface area contributed by atoms with Crippen LogP contribution in [-0.4, -0.2) is 41.9 Å². The third kappa shape index (κ3) is 1.48. The number of alkyl halides is 1. The van der Waals surface area contributed by atoms with Gasteiger partial charge >= 0.3 is 0 Å². The Morgan fingerprint density at radius 1 is 1.42 bits per heavy atom. The van der Waals surface area contributed by atoms with Gasteiger partial charge in [0, 0.05) is 31.7 Å². The number of nitrogens with zero attached hydrogens (tertiary/aromatic N) is 1. The molecule has 70 valence electrons. The maximum absolute atomic E-state index is 13.1. The smallest absolute Gasteiger partial charge is 0.133 e. The van der Waals surface area contributed by atoms with E-state index >= 15 is 0 Å². The van der Waals surface area contributed by atoms with Crippen LogP contribution in [0.15, 0.2) is 0 Å². The molecule has 2 aliphatic rings. The summed E-state index contributed by atoms with van der Waals surface area (Å²) >= 11 is 0. The largest absolute Gasteiger partial charge is 0.396 e. The monoisotopic (exact) mass is 173 g/mol. The Morgan fingerprint density at radius 3 is 2.33 bits per heavy atom. The second kappa shape index (κ2) is 2.42. The van der Waals surface area contributed by atoms with Gasteiger partial charge in [0.25, 0.3) is 0 Å². The standard InChI is InChI=1S/C9H16FNO/c1-8(10)4-11(5-8)6-9(7-12)2-3-9/h12H,2-7H2,1H3. The predicted octanol–water partition coefficient (Wildman–Crippen LogP) is 0.803. The van der Waals surface area contributed by atoms with Crippen LogP contribution in [0.2, 0.25) is 0 Å². The topological polar surface area (TPSA) is 23.5 Å². The minimum atomic E-state index is -0.967. The van der Waals surface area contributed by atoms with Crippen molar-refractivity contribution < 1.29 is 9.50 Å². The summed E-state index contributed by atoms with van der Waals surface area (Å²) in [6.07, 6.45) is 2.23. The minimum Gasteiger partial charge on any atom is -0.396 e. The van der Waals surface area contributed by atoms with Gasteiger partial charge in [0.05, 0.1) is 0 Å². The van der Waals surface area contributed by atoms with Crippen LogP contribution in [0.5, 0.6) is 0 Å². The quantitative estimate of drug-likeness (QED) is 0.682. The molecule has 1 aliphatic heterocycles. The lowest BCUT2D eigenvalue weighted by Crippen LogP contribution is -2.58. The molecule has 1 saturated carbocycles. The van der Waals surface area contributed by atoms with Gasteiger partial charge in [-0.05, 0) is 19.8 Å². The van der Waals surface area contributed by atoms with Crippen molar-refractivity contribution in [3.8, 4) is 0 Å². The second-order valence-electron chi connectivity index (χ2n) is 4.72. The third-order valence-corrected chi connectivity index (χ3v) is 2.96. The molecule has 0 aromatic rings. The first-order valence-electron chi connectivity index (χ1n) is 4.58. The number of aliphatic hydroxyl groups excluding tert-OH is 1. The van der Waals surface area contributed by atoms with E-state index in [4.69, 9.17) is 5.11 Å². The first-order valence-corrected chi connectivity index (χ1v) is 4.58. The van der Waals surface area contributed by atoms with Crippen molar-refractivity contribution in [2.45, 2.75) is 25.4 Å². The van der Waals surface area contributed by atoms with Crippen LogP contribution in [0, 0.1) is 5.41 Å². The van der Waals surface area contributed by atoms with Gasteiger partial charge in [0.15, 0.2) is 0 Å². The Labute approximate surface area is 72.4 Å². The summed E-state index contributed by atoms with van der Waals surface area (Å²) in [5.74, 6) is 0. The van der Waals surface area contributed by atoms with Gasteiger partial charge in [0.1, 0.15) is 5.67 Å². The molecule has 0 unspecified atom stereocenters. The Balaban J connectivity index is 1.76. The summed E-state index contributed by atoms with van der Waals surface area (Å²) in [4.78, 5) is 2.10. The van der Waals surface area contributed by atoms with E-state index in [1.807, 2.05) is 0 Å². The fourth-order valence-corrected chi connectivity index (χ4v) is 2.02. The van der Waals surface area contributed by atoms with Crippen molar-refractivity contribution in [1.82, 2.24) is 4.90 Å². The molecule has 12 heavy (non-hydrogen) atoms. The molecule has 0 amide bonds. The average molecular weight is 173 g/mol. The van der Waals surface area contributed by atoms with E-state index in [9.17, 15) is 4.39 Å².